The molecule has 0 saturated carbocycles. The van der Waals surface area contributed by atoms with Crippen LogP contribution in [0.3, 0.4) is 0 Å². The predicted molar refractivity (Wildman–Crippen MR) is 78.5 cm³/mol. The van der Waals surface area contributed by atoms with Gasteiger partial charge >= 0.3 is 0 Å². The van der Waals surface area contributed by atoms with Crippen LogP contribution in [-0.4, -0.2) is 19.9 Å². The van der Waals surface area contributed by atoms with Crippen molar-refractivity contribution in [1.29, 1.82) is 0 Å². The number of nitrogens with zero attached hydrogens (tertiary/aromatic N) is 1. The largest absolute Gasteiger partial charge is 0.378 e. The van der Waals surface area contributed by atoms with E-state index < -0.39 is 0 Å². The van der Waals surface area contributed by atoms with Crippen LogP contribution < -0.4 is 4.90 Å². The van der Waals surface area contributed by atoms with Crippen LogP contribution in [-0.2, 0) is 0 Å². The van der Waals surface area contributed by atoms with Crippen molar-refractivity contribution in [2.45, 2.75) is 45.4 Å². The van der Waals surface area contributed by atoms with Crippen molar-refractivity contribution in [2.24, 2.45) is 0 Å². The molecule has 1 aromatic rings. The van der Waals surface area contributed by atoms with Gasteiger partial charge < -0.3 is 4.90 Å². The Morgan fingerprint density at radius 1 is 1.00 bits per heavy atom. The van der Waals surface area contributed by atoms with Gasteiger partial charge in [-0.1, -0.05) is 32.6 Å². The smallest absolute Gasteiger partial charge is 0.162 e. The van der Waals surface area contributed by atoms with Crippen LogP contribution in [0.2, 0.25) is 0 Å². The summed E-state index contributed by atoms with van der Waals surface area (Å²) in [6.07, 6.45) is 6.67. The lowest BCUT2D eigenvalue weighted by Gasteiger charge is -2.12. The lowest BCUT2D eigenvalue weighted by Crippen LogP contribution is -2.08. The van der Waals surface area contributed by atoms with E-state index in [2.05, 4.69) is 6.92 Å². The molecule has 18 heavy (non-hydrogen) atoms. The molecule has 0 radical (unpaired) electrons. The molecule has 0 heterocycles. The molecule has 0 atom stereocenters. The van der Waals surface area contributed by atoms with Gasteiger partial charge in [0.05, 0.1) is 0 Å². The molecular formula is C16H25NO. The molecule has 0 saturated heterocycles. The lowest BCUT2D eigenvalue weighted by atomic mass is 10.0. The van der Waals surface area contributed by atoms with Crippen molar-refractivity contribution in [3.05, 3.63) is 29.8 Å². The standard InChI is InChI=1S/C16H25NO/c1-4-5-6-7-8-9-16(18)14-10-12-15(13-11-14)17(2)3/h10-13H,4-9H2,1-3H3. The molecule has 0 aliphatic rings. The van der Waals surface area contributed by atoms with Gasteiger partial charge in [0, 0.05) is 31.8 Å². The molecule has 0 aromatic heterocycles. The highest BCUT2D eigenvalue weighted by atomic mass is 16.1. The Morgan fingerprint density at radius 2 is 1.61 bits per heavy atom. The molecular weight excluding hydrogens is 222 g/mol. The number of hydrogen-bond donors (Lipinski definition) is 0. The normalized spacial score (nSPS) is 10.4. The van der Waals surface area contributed by atoms with E-state index in [4.69, 9.17) is 0 Å². The molecule has 0 N–H and O–H groups in total. The van der Waals surface area contributed by atoms with E-state index in [-0.39, 0.29) is 5.78 Å². The second kappa shape index (κ2) is 7.91. The monoisotopic (exact) mass is 247 g/mol. The molecule has 0 amide bonds. The number of hydrogen-bond acceptors (Lipinski definition) is 2. The van der Waals surface area contributed by atoms with Crippen molar-refractivity contribution < 1.29 is 4.79 Å². The van der Waals surface area contributed by atoms with Crippen molar-refractivity contribution in [1.82, 2.24) is 0 Å². The van der Waals surface area contributed by atoms with Crippen LogP contribution in [0, 0.1) is 0 Å². The summed E-state index contributed by atoms with van der Waals surface area (Å²) in [4.78, 5) is 14.0. The number of rotatable bonds is 8. The Kier molecular flexibility index (Phi) is 6.48. The number of Topliss-reactive ketones (excluding diaryl/α,β-unsaturated/α-hetero) is 1. The Balaban J connectivity index is 2.37. The van der Waals surface area contributed by atoms with Crippen molar-refractivity contribution in [3.63, 3.8) is 0 Å². The quantitative estimate of drug-likeness (QED) is 0.504. The average Bonchev–Trinajstić information content (AvgIpc) is 2.38. The first kappa shape index (κ1) is 14.7. The highest BCUT2D eigenvalue weighted by molar-refractivity contribution is 5.96. The van der Waals surface area contributed by atoms with Gasteiger partial charge in [-0.3, -0.25) is 4.79 Å². The maximum Gasteiger partial charge on any atom is 0.162 e. The van der Waals surface area contributed by atoms with Gasteiger partial charge in [0.25, 0.3) is 0 Å². The van der Waals surface area contributed by atoms with Crippen LogP contribution in [0.5, 0.6) is 0 Å². The fraction of sp³-hybridized carbons (Fsp3) is 0.562. The van der Waals surface area contributed by atoms with Crippen molar-refractivity contribution >= 4 is 11.5 Å². The minimum atomic E-state index is 0.275. The highest BCUT2D eigenvalue weighted by Crippen LogP contribution is 2.15. The molecule has 0 aliphatic carbocycles. The summed E-state index contributed by atoms with van der Waals surface area (Å²) >= 11 is 0. The second-order valence-electron chi connectivity index (χ2n) is 5.03. The fourth-order valence-corrected chi connectivity index (χ4v) is 1.98. The van der Waals surface area contributed by atoms with E-state index >= 15 is 0 Å². The third-order valence-electron chi connectivity index (χ3n) is 3.21. The molecule has 0 unspecified atom stereocenters. The molecule has 0 fully saturated rings. The number of benzene rings is 1. The Hall–Kier alpha value is -1.31. The lowest BCUT2D eigenvalue weighted by molar-refractivity contribution is 0.0979. The SMILES string of the molecule is CCCCCCCC(=O)c1ccc(N(C)C)cc1. The summed E-state index contributed by atoms with van der Waals surface area (Å²) in [5.74, 6) is 0.275. The van der Waals surface area contributed by atoms with Crippen LogP contribution in [0.4, 0.5) is 5.69 Å². The molecule has 1 aromatic carbocycles. The summed E-state index contributed by atoms with van der Waals surface area (Å²) in [5, 5.41) is 0. The summed E-state index contributed by atoms with van der Waals surface area (Å²) in [7, 11) is 4.01. The van der Waals surface area contributed by atoms with Gasteiger partial charge in [-0.2, -0.15) is 0 Å². The summed E-state index contributed by atoms with van der Waals surface area (Å²) in [6.45, 7) is 2.21. The Morgan fingerprint density at radius 3 is 2.17 bits per heavy atom. The number of ketones is 1. The molecule has 1 rings (SSSR count). The van der Waals surface area contributed by atoms with E-state index in [0.29, 0.717) is 6.42 Å². The fourth-order valence-electron chi connectivity index (χ4n) is 1.98. The molecule has 0 spiro atoms. The number of carbonyl (C=O) groups is 1. The zero-order valence-electron chi connectivity index (χ0n) is 11.9. The topological polar surface area (TPSA) is 20.3 Å². The molecule has 0 bridgehead atoms. The van der Waals surface area contributed by atoms with E-state index in [0.717, 1.165) is 17.7 Å². The third kappa shape index (κ3) is 4.91. The van der Waals surface area contributed by atoms with Gasteiger partial charge in [-0.15, -0.1) is 0 Å². The first-order chi connectivity index (χ1) is 8.65. The number of carbonyl (C=O) groups excluding carboxylic acids is 1. The molecule has 100 valence electrons. The van der Waals surface area contributed by atoms with E-state index in [1.54, 1.807) is 0 Å². The van der Waals surface area contributed by atoms with Crippen molar-refractivity contribution in [3.8, 4) is 0 Å². The van der Waals surface area contributed by atoms with E-state index in [9.17, 15) is 4.79 Å². The summed E-state index contributed by atoms with van der Waals surface area (Å²) in [6, 6.07) is 7.88. The zero-order chi connectivity index (χ0) is 13.4. The van der Waals surface area contributed by atoms with Crippen LogP contribution >= 0.6 is 0 Å². The van der Waals surface area contributed by atoms with E-state index in [1.165, 1.54) is 25.7 Å². The highest BCUT2D eigenvalue weighted by Gasteiger charge is 2.05. The van der Waals surface area contributed by atoms with Crippen LogP contribution in [0.15, 0.2) is 24.3 Å². The third-order valence-corrected chi connectivity index (χ3v) is 3.21. The van der Waals surface area contributed by atoms with Gasteiger partial charge in [0.15, 0.2) is 5.78 Å². The Labute approximate surface area is 111 Å². The van der Waals surface area contributed by atoms with E-state index in [1.807, 2.05) is 43.3 Å². The van der Waals surface area contributed by atoms with Gasteiger partial charge in [0.1, 0.15) is 0 Å². The van der Waals surface area contributed by atoms with Crippen molar-refractivity contribution in [2.75, 3.05) is 19.0 Å². The average molecular weight is 247 g/mol. The van der Waals surface area contributed by atoms with Crippen LogP contribution in [0.1, 0.15) is 55.8 Å². The number of unbranched alkanes of at least 4 members (excludes halogenated alkanes) is 4. The first-order valence-corrected chi connectivity index (χ1v) is 6.95. The number of anilines is 1. The summed E-state index contributed by atoms with van der Waals surface area (Å²) in [5.41, 5.74) is 1.98. The summed E-state index contributed by atoms with van der Waals surface area (Å²) < 4.78 is 0. The molecule has 2 nitrogen and oxygen atoms in total. The van der Waals surface area contributed by atoms with Crippen LogP contribution in [0.25, 0.3) is 0 Å². The minimum Gasteiger partial charge on any atom is -0.378 e. The Bertz CT molecular complexity index is 354. The van der Waals surface area contributed by atoms with Gasteiger partial charge in [-0.05, 0) is 30.7 Å². The molecule has 0 aliphatic heterocycles. The maximum atomic E-state index is 11.9. The minimum absolute atomic E-state index is 0.275. The zero-order valence-corrected chi connectivity index (χ0v) is 11.9. The predicted octanol–water partition coefficient (Wildman–Crippen LogP) is 4.30. The van der Waals surface area contributed by atoms with Gasteiger partial charge in [0.2, 0.25) is 0 Å². The maximum absolute atomic E-state index is 11.9. The molecule has 2 heteroatoms. The van der Waals surface area contributed by atoms with Gasteiger partial charge in [-0.25, -0.2) is 0 Å². The first-order valence-electron chi connectivity index (χ1n) is 6.95. The second-order valence-corrected chi connectivity index (χ2v) is 5.03.